The first kappa shape index (κ1) is 28.1. The standard InChI is InChI=1S/C35H34N8O4/c44-32-28-26-20-6-1-3-8-22(20)36-24(26)10-5-11-25-27(21-7-2-4-9-23(21)37-25)29-31(35(47)39-33(29)45)41-14-18-43(19-15-41)42-16-12-40(13-17-42)30(28)34(46)38-32/h1-4,6-9,36-37H,5,10-19H2,(H,38,44,46)(H,39,45,47). The van der Waals surface area contributed by atoms with Crippen LogP contribution in [-0.4, -0.2) is 106 Å². The molecule has 2 fully saturated rings. The van der Waals surface area contributed by atoms with Gasteiger partial charge < -0.3 is 19.8 Å². The fraction of sp³-hybridized carbons (Fsp3) is 0.314. The summed E-state index contributed by atoms with van der Waals surface area (Å²) in [7, 11) is 0. The average molecular weight is 631 g/mol. The zero-order chi connectivity index (χ0) is 31.8. The van der Waals surface area contributed by atoms with E-state index in [-0.39, 0.29) is 23.6 Å². The largest absolute Gasteiger partial charge is 0.364 e. The number of fused-ring (bicyclic) bond motifs is 4. The minimum atomic E-state index is -0.366. The number of para-hydroxylation sites is 2. The Morgan fingerprint density at radius 1 is 0.489 bits per heavy atom. The molecule has 11 rings (SSSR count). The highest BCUT2D eigenvalue weighted by Crippen LogP contribution is 2.38. The second-order valence-electron chi connectivity index (χ2n) is 12.8. The van der Waals surface area contributed by atoms with Crippen molar-refractivity contribution in [3.05, 3.63) is 82.4 Å². The number of piperazine rings is 2. The monoisotopic (exact) mass is 630 g/mol. The van der Waals surface area contributed by atoms with E-state index in [0.717, 1.165) is 44.3 Å². The van der Waals surface area contributed by atoms with Gasteiger partial charge in [-0.25, -0.2) is 10.0 Å². The Morgan fingerprint density at radius 3 is 1.32 bits per heavy atom. The van der Waals surface area contributed by atoms with Crippen LogP contribution in [0.4, 0.5) is 0 Å². The Balaban J connectivity index is 1.21. The minimum Gasteiger partial charge on any atom is -0.364 e. The number of benzene rings is 2. The van der Waals surface area contributed by atoms with E-state index in [2.05, 4.69) is 40.4 Å². The molecule has 2 saturated heterocycles. The van der Waals surface area contributed by atoms with Gasteiger partial charge in [0.15, 0.2) is 0 Å². The van der Waals surface area contributed by atoms with E-state index in [1.807, 2.05) is 48.5 Å². The van der Waals surface area contributed by atoms with Gasteiger partial charge in [0.05, 0.1) is 11.1 Å². The van der Waals surface area contributed by atoms with E-state index in [9.17, 15) is 19.2 Å². The van der Waals surface area contributed by atoms with Crippen molar-refractivity contribution in [2.45, 2.75) is 19.3 Å². The molecular formula is C35H34N8O4. The third-order valence-electron chi connectivity index (χ3n) is 10.3. The van der Waals surface area contributed by atoms with Crippen LogP contribution in [0.25, 0.3) is 33.0 Å². The van der Waals surface area contributed by atoms with Crippen LogP contribution < -0.4 is 10.6 Å². The Morgan fingerprint density at radius 2 is 0.894 bits per heavy atom. The predicted molar refractivity (Wildman–Crippen MR) is 175 cm³/mol. The highest BCUT2D eigenvalue weighted by molar-refractivity contribution is 6.38. The van der Waals surface area contributed by atoms with Crippen molar-refractivity contribution in [3.8, 4) is 0 Å². The summed E-state index contributed by atoms with van der Waals surface area (Å²) in [6, 6.07) is 15.8. The maximum atomic E-state index is 13.6. The number of carbonyl (C=O) groups excluding carboxylic acids is 4. The fourth-order valence-electron chi connectivity index (χ4n) is 8.15. The lowest BCUT2D eigenvalue weighted by Gasteiger charge is -2.45. The van der Waals surface area contributed by atoms with Crippen LogP contribution in [0.3, 0.4) is 0 Å². The number of nitrogens with zero attached hydrogens (tertiary/aromatic N) is 4. The number of carbonyl (C=O) groups is 4. The molecule has 0 radical (unpaired) electrons. The van der Waals surface area contributed by atoms with Crippen molar-refractivity contribution in [2.24, 2.45) is 0 Å². The lowest BCUT2D eigenvalue weighted by Crippen LogP contribution is -2.59. The number of aromatic nitrogens is 2. The molecule has 4 aromatic rings. The average Bonchev–Trinajstić information content (AvgIpc) is 3.79. The van der Waals surface area contributed by atoms with Crippen LogP contribution in [0.1, 0.15) is 28.9 Å². The van der Waals surface area contributed by atoms with E-state index in [1.165, 1.54) is 0 Å². The Hall–Kier alpha value is -5.20. The van der Waals surface area contributed by atoms with Gasteiger partial charge in [-0.05, 0) is 31.4 Å². The molecule has 4 N–H and O–H groups in total. The lowest BCUT2D eigenvalue weighted by molar-refractivity contribution is -0.126. The van der Waals surface area contributed by atoms with Crippen LogP contribution in [0, 0.1) is 0 Å². The summed E-state index contributed by atoms with van der Waals surface area (Å²) in [4.78, 5) is 65.2. The van der Waals surface area contributed by atoms with Gasteiger partial charge >= 0.3 is 0 Å². The number of nitrogens with one attached hydrogen (secondary N) is 4. The molecule has 0 spiro atoms. The number of hydrazine groups is 1. The first-order valence-corrected chi connectivity index (χ1v) is 16.4. The predicted octanol–water partition coefficient (Wildman–Crippen LogP) is 1.72. The summed E-state index contributed by atoms with van der Waals surface area (Å²) in [5.74, 6) is -1.43. The van der Waals surface area contributed by atoms with Crippen LogP contribution in [0.15, 0.2) is 59.9 Å². The zero-order valence-electron chi connectivity index (χ0n) is 25.8. The molecule has 7 aliphatic heterocycles. The maximum absolute atomic E-state index is 13.6. The highest BCUT2D eigenvalue weighted by Gasteiger charge is 2.41. The summed E-state index contributed by atoms with van der Waals surface area (Å²) in [6.07, 6.45) is 1.89. The van der Waals surface area contributed by atoms with Crippen molar-refractivity contribution in [3.63, 3.8) is 0 Å². The van der Waals surface area contributed by atoms with E-state index >= 15 is 0 Å². The van der Waals surface area contributed by atoms with Crippen LogP contribution in [0.2, 0.25) is 0 Å². The molecule has 12 heteroatoms. The van der Waals surface area contributed by atoms with E-state index < -0.39 is 0 Å². The lowest BCUT2D eigenvalue weighted by atomic mass is 9.95. The fourth-order valence-corrected chi connectivity index (χ4v) is 8.15. The van der Waals surface area contributed by atoms with Crippen molar-refractivity contribution >= 4 is 56.6 Å². The van der Waals surface area contributed by atoms with Crippen molar-refractivity contribution < 1.29 is 19.2 Å². The van der Waals surface area contributed by atoms with Crippen molar-refractivity contribution in [1.29, 1.82) is 0 Å². The number of imide groups is 2. The number of aryl methyl sites for hydroxylation is 2. The Bertz CT molecular complexity index is 1940. The number of aromatic amines is 2. The molecule has 7 aliphatic rings. The first-order valence-electron chi connectivity index (χ1n) is 16.4. The number of hydrogen-bond acceptors (Lipinski definition) is 8. The molecule has 0 atom stereocenters. The van der Waals surface area contributed by atoms with Gasteiger partial charge in [-0.1, -0.05) is 36.4 Å². The highest BCUT2D eigenvalue weighted by atomic mass is 16.2. The van der Waals surface area contributed by atoms with Gasteiger partial charge in [0.2, 0.25) is 0 Å². The SMILES string of the molecule is O=C1NC(=O)C2=C1c1c([nH]c3ccccc13)CCCc1[nH]c3ccccc3c1C1=C(C(=O)NC1=O)N1CCN(CC1)N1CCN2CC1. The van der Waals surface area contributed by atoms with E-state index in [0.29, 0.717) is 94.2 Å². The second kappa shape index (κ2) is 10.7. The molecule has 4 bridgehead atoms. The molecule has 0 unspecified atom stereocenters. The molecule has 47 heavy (non-hydrogen) atoms. The van der Waals surface area contributed by atoms with Crippen molar-refractivity contribution in [2.75, 3.05) is 52.4 Å². The third-order valence-corrected chi connectivity index (χ3v) is 10.3. The number of hydrogen-bond donors (Lipinski definition) is 4. The summed E-state index contributed by atoms with van der Waals surface area (Å²) < 4.78 is 0. The molecule has 238 valence electrons. The smallest absolute Gasteiger partial charge is 0.275 e. The summed E-state index contributed by atoms with van der Waals surface area (Å²) in [5.41, 5.74) is 6.91. The normalized spacial score (nSPS) is 23.5. The van der Waals surface area contributed by atoms with Gasteiger partial charge in [0.1, 0.15) is 11.4 Å². The van der Waals surface area contributed by atoms with Crippen molar-refractivity contribution in [1.82, 2.24) is 40.4 Å². The second-order valence-corrected chi connectivity index (χ2v) is 12.8. The molecule has 2 aromatic heterocycles. The number of amides is 4. The molecule has 4 amide bonds. The summed E-state index contributed by atoms with van der Waals surface area (Å²) in [5, 5.41) is 11.6. The summed E-state index contributed by atoms with van der Waals surface area (Å²) in [6.45, 7) is 5.21. The minimum absolute atomic E-state index is 0.347. The topological polar surface area (TPSA) is 137 Å². The molecular weight excluding hydrogens is 596 g/mol. The van der Waals surface area contributed by atoms with Crippen LogP contribution in [-0.2, 0) is 32.0 Å². The number of H-pyrrole nitrogens is 2. The first-order chi connectivity index (χ1) is 23.0. The molecule has 0 aliphatic carbocycles. The Labute approximate surface area is 270 Å². The third kappa shape index (κ3) is 4.35. The van der Waals surface area contributed by atoms with Crippen LogP contribution >= 0.6 is 0 Å². The molecule has 9 heterocycles. The van der Waals surface area contributed by atoms with E-state index in [4.69, 9.17) is 0 Å². The van der Waals surface area contributed by atoms with Gasteiger partial charge in [-0.15, -0.1) is 0 Å². The molecule has 2 aromatic carbocycles. The van der Waals surface area contributed by atoms with Gasteiger partial charge in [0, 0.05) is 96.7 Å². The van der Waals surface area contributed by atoms with Gasteiger partial charge in [-0.2, -0.15) is 0 Å². The Kier molecular flexibility index (Phi) is 6.37. The zero-order valence-corrected chi connectivity index (χ0v) is 25.8. The summed E-state index contributed by atoms with van der Waals surface area (Å²) >= 11 is 0. The van der Waals surface area contributed by atoms with Gasteiger partial charge in [0.25, 0.3) is 23.6 Å². The molecule has 0 saturated carbocycles. The van der Waals surface area contributed by atoms with Gasteiger partial charge in [-0.3, -0.25) is 29.8 Å². The van der Waals surface area contributed by atoms with Crippen LogP contribution in [0.5, 0.6) is 0 Å². The maximum Gasteiger partial charge on any atom is 0.275 e. The molecule has 12 nitrogen and oxygen atoms in total. The number of rotatable bonds is 0. The van der Waals surface area contributed by atoms with E-state index in [1.54, 1.807) is 0 Å². The quantitative estimate of drug-likeness (QED) is 0.216.